The summed E-state index contributed by atoms with van der Waals surface area (Å²) in [6.07, 6.45) is 1.70. The van der Waals surface area contributed by atoms with Gasteiger partial charge in [0, 0.05) is 10.9 Å². The fraction of sp³-hybridized carbons (Fsp3) is 0.100. The number of hydrogen-bond acceptors (Lipinski definition) is 4. The van der Waals surface area contributed by atoms with Crippen LogP contribution in [0.15, 0.2) is 76.7 Å². The van der Waals surface area contributed by atoms with Gasteiger partial charge in [0.15, 0.2) is 0 Å². The molecule has 0 saturated heterocycles. The number of phenols is 1. The molecule has 0 fully saturated rings. The summed E-state index contributed by atoms with van der Waals surface area (Å²) in [7, 11) is 0. The summed E-state index contributed by atoms with van der Waals surface area (Å²) in [6.45, 7) is 5.99. The van der Waals surface area contributed by atoms with E-state index in [0.29, 0.717) is 22.6 Å². The normalized spacial score (nSPS) is 12.4. The molecule has 0 aliphatic rings. The van der Waals surface area contributed by atoms with Crippen LogP contribution in [0.3, 0.4) is 0 Å². The first-order valence-electron chi connectivity index (χ1n) is 8.02. The predicted octanol–water partition coefficient (Wildman–Crippen LogP) is 4.42. The van der Waals surface area contributed by atoms with Crippen LogP contribution in [-0.4, -0.2) is 22.0 Å². The third-order valence-corrected chi connectivity index (χ3v) is 4.58. The van der Waals surface area contributed by atoms with Gasteiger partial charge >= 0.3 is 0 Å². The fourth-order valence-corrected chi connectivity index (χ4v) is 3.24. The summed E-state index contributed by atoms with van der Waals surface area (Å²) in [4.78, 5) is 5.11. The number of aromatic nitrogens is 1. The molecule has 0 radical (unpaired) electrons. The molecule has 0 aliphatic heterocycles. The Bertz CT molecular complexity index is 1020. The Morgan fingerprint density at radius 2 is 1.96 bits per heavy atom. The van der Waals surface area contributed by atoms with Gasteiger partial charge in [0.1, 0.15) is 11.6 Å². The van der Waals surface area contributed by atoms with Gasteiger partial charge in [-0.25, -0.2) is 9.07 Å². The first-order chi connectivity index (χ1) is 12.6. The van der Waals surface area contributed by atoms with Gasteiger partial charge in [-0.1, -0.05) is 18.2 Å². The molecule has 0 unspecified atom stereocenters. The molecule has 6 heteroatoms. The summed E-state index contributed by atoms with van der Waals surface area (Å²) < 4.78 is 15.9. The number of nitrogens with zero attached hydrogens (tertiary/aromatic N) is 3. The number of phenolic OH excluding ortho intramolecular Hbond substituents is 1. The molecule has 3 aromatic rings. The van der Waals surface area contributed by atoms with E-state index in [1.165, 1.54) is 17.4 Å². The lowest BCUT2D eigenvalue weighted by molar-refractivity contribution is 0.475. The molecule has 0 aliphatic carbocycles. The number of hydrogen-bond donors (Lipinski definition) is 1. The van der Waals surface area contributed by atoms with Crippen molar-refractivity contribution in [2.24, 2.45) is 10.1 Å². The van der Waals surface area contributed by atoms with Crippen molar-refractivity contribution in [2.75, 3.05) is 6.54 Å². The molecule has 26 heavy (non-hydrogen) atoms. The summed E-state index contributed by atoms with van der Waals surface area (Å²) in [5.74, 6) is -0.120. The minimum Gasteiger partial charge on any atom is -0.508 e. The zero-order valence-electron chi connectivity index (χ0n) is 14.3. The van der Waals surface area contributed by atoms with Crippen molar-refractivity contribution in [1.29, 1.82) is 0 Å². The maximum Gasteiger partial charge on any atom is 0.206 e. The lowest BCUT2D eigenvalue weighted by Crippen LogP contribution is -2.14. The monoisotopic (exact) mass is 367 g/mol. The van der Waals surface area contributed by atoms with Crippen LogP contribution < -0.4 is 4.80 Å². The molecular weight excluding hydrogens is 349 g/mol. The van der Waals surface area contributed by atoms with Crippen molar-refractivity contribution in [3.8, 4) is 17.0 Å². The average molecular weight is 367 g/mol. The summed E-state index contributed by atoms with van der Waals surface area (Å²) >= 11 is 1.39. The van der Waals surface area contributed by atoms with E-state index in [2.05, 4.69) is 16.7 Å². The highest BCUT2D eigenvalue weighted by Crippen LogP contribution is 2.23. The molecule has 0 bridgehead atoms. The second-order valence-corrected chi connectivity index (χ2v) is 6.39. The van der Waals surface area contributed by atoms with Gasteiger partial charge in [-0.2, -0.15) is 5.10 Å². The van der Waals surface area contributed by atoms with Crippen LogP contribution in [0.5, 0.6) is 5.75 Å². The summed E-state index contributed by atoms with van der Waals surface area (Å²) in [5.41, 5.74) is 2.68. The van der Waals surface area contributed by atoms with Gasteiger partial charge in [-0.3, -0.25) is 4.99 Å². The van der Waals surface area contributed by atoms with Crippen LogP contribution in [0.2, 0.25) is 0 Å². The van der Waals surface area contributed by atoms with Crippen LogP contribution in [0, 0.1) is 5.82 Å². The van der Waals surface area contributed by atoms with Crippen LogP contribution >= 0.6 is 11.3 Å². The Labute approximate surface area is 154 Å². The van der Waals surface area contributed by atoms with E-state index < -0.39 is 0 Å². The van der Waals surface area contributed by atoms with E-state index in [4.69, 9.17) is 0 Å². The smallest absolute Gasteiger partial charge is 0.206 e. The maximum atomic E-state index is 14.3. The average Bonchev–Trinajstić information content (AvgIpc) is 3.03. The molecule has 0 saturated carbocycles. The van der Waals surface area contributed by atoms with Gasteiger partial charge in [0.05, 0.1) is 18.0 Å². The number of aromatic hydroxyl groups is 1. The lowest BCUT2D eigenvalue weighted by atomic mass is 10.1. The van der Waals surface area contributed by atoms with Crippen LogP contribution in [0.1, 0.15) is 12.5 Å². The highest BCUT2D eigenvalue weighted by Gasteiger charge is 2.12. The largest absolute Gasteiger partial charge is 0.508 e. The van der Waals surface area contributed by atoms with Crippen LogP contribution in [-0.2, 0) is 0 Å². The quantitative estimate of drug-likeness (QED) is 0.527. The molecule has 4 nitrogen and oxygen atoms in total. The van der Waals surface area contributed by atoms with Gasteiger partial charge < -0.3 is 5.11 Å². The van der Waals surface area contributed by atoms with E-state index in [0.717, 1.165) is 11.3 Å². The van der Waals surface area contributed by atoms with E-state index in [9.17, 15) is 9.50 Å². The van der Waals surface area contributed by atoms with E-state index in [1.807, 2.05) is 12.3 Å². The van der Waals surface area contributed by atoms with Crippen molar-refractivity contribution in [1.82, 2.24) is 4.68 Å². The van der Waals surface area contributed by atoms with E-state index in [1.54, 1.807) is 53.2 Å². The standard InChI is InChI=1S/C20H18FN3OS/c1-3-12-22-20-24(23-14(2)15-8-10-16(25)11-9-15)19(13-26-20)17-6-4-5-7-18(17)21/h3-11,13,25H,1,12H2,2H3. The molecule has 2 aromatic carbocycles. The summed E-state index contributed by atoms with van der Waals surface area (Å²) in [6, 6.07) is 13.4. The highest BCUT2D eigenvalue weighted by atomic mass is 32.1. The zero-order chi connectivity index (χ0) is 18.5. The summed E-state index contributed by atoms with van der Waals surface area (Å²) in [5, 5.41) is 15.9. The fourth-order valence-electron chi connectivity index (χ4n) is 2.41. The van der Waals surface area contributed by atoms with Crippen molar-refractivity contribution >= 4 is 17.0 Å². The predicted molar refractivity (Wildman–Crippen MR) is 104 cm³/mol. The van der Waals surface area contributed by atoms with Crippen molar-refractivity contribution in [3.63, 3.8) is 0 Å². The van der Waals surface area contributed by atoms with Gasteiger partial charge in [-0.05, 0) is 48.9 Å². The molecule has 1 aromatic heterocycles. The Balaban J connectivity index is 2.16. The Kier molecular flexibility index (Phi) is 5.43. The molecule has 0 spiro atoms. The molecule has 0 atom stereocenters. The maximum absolute atomic E-state index is 14.3. The molecule has 132 valence electrons. The number of thiazole rings is 1. The molecular formula is C20H18FN3OS. The van der Waals surface area contributed by atoms with Gasteiger partial charge in [0.25, 0.3) is 0 Å². The van der Waals surface area contributed by atoms with Gasteiger partial charge in [0.2, 0.25) is 4.80 Å². The Morgan fingerprint density at radius 1 is 1.23 bits per heavy atom. The molecule has 1 N–H and O–H groups in total. The third kappa shape index (κ3) is 3.81. The minimum atomic E-state index is -0.313. The lowest BCUT2D eigenvalue weighted by Gasteiger charge is -2.07. The minimum absolute atomic E-state index is 0.193. The van der Waals surface area contributed by atoms with Crippen molar-refractivity contribution in [2.45, 2.75) is 6.92 Å². The third-order valence-electron chi connectivity index (χ3n) is 3.73. The van der Waals surface area contributed by atoms with E-state index in [-0.39, 0.29) is 11.6 Å². The first-order valence-corrected chi connectivity index (χ1v) is 8.90. The Hall–Kier alpha value is -2.99. The van der Waals surface area contributed by atoms with Gasteiger partial charge in [-0.15, -0.1) is 17.9 Å². The molecule has 3 rings (SSSR count). The number of halogens is 1. The second-order valence-electron chi connectivity index (χ2n) is 5.56. The van der Waals surface area contributed by atoms with Crippen molar-refractivity contribution < 1.29 is 9.50 Å². The molecule has 1 heterocycles. The first kappa shape index (κ1) is 17.8. The SMILES string of the molecule is C=CCN=c1scc(-c2ccccc2F)n1N=C(C)c1ccc(O)cc1. The number of benzene rings is 2. The van der Waals surface area contributed by atoms with Crippen LogP contribution in [0.4, 0.5) is 4.39 Å². The zero-order valence-corrected chi connectivity index (χ0v) is 15.1. The van der Waals surface area contributed by atoms with Crippen LogP contribution in [0.25, 0.3) is 11.3 Å². The van der Waals surface area contributed by atoms with Crippen molar-refractivity contribution in [3.05, 3.63) is 82.7 Å². The topological polar surface area (TPSA) is 49.9 Å². The highest BCUT2D eigenvalue weighted by molar-refractivity contribution is 7.07. The second kappa shape index (κ2) is 7.93. The Morgan fingerprint density at radius 3 is 2.65 bits per heavy atom. The van der Waals surface area contributed by atoms with E-state index >= 15 is 0 Å². The number of rotatable bonds is 5. The molecule has 0 amide bonds.